The van der Waals surface area contributed by atoms with E-state index in [2.05, 4.69) is 9.89 Å². The molecule has 0 saturated carbocycles. The summed E-state index contributed by atoms with van der Waals surface area (Å²) >= 11 is 0. The van der Waals surface area contributed by atoms with Crippen molar-refractivity contribution in [3.8, 4) is 5.75 Å². The van der Waals surface area contributed by atoms with Crippen LogP contribution in [-0.4, -0.2) is 60.8 Å². The lowest BCUT2D eigenvalue weighted by atomic mass is 9.87. The van der Waals surface area contributed by atoms with E-state index in [0.29, 0.717) is 38.1 Å². The monoisotopic (exact) mass is 601 g/mol. The van der Waals surface area contributed by atoms with Gasteiger partial charge in [-0.1, -0.05) is 65.8 Å². The number of alkyl halides is 3. The molecule has 0 aliphatic carbocycles. The summed E-state index contributed by atoms with van der Waals surface area (Å²) in [6.07, 6.45) is -3.31. The van der Waals surface area contributed by atoms with E-state index >= 15 is 0 Å². The number of piperidine rings is 1. The molecular weight excluding hydrogens is 571 g/mol. The smallest absolute Gasteiger partial charge is 0.406 e. The summed E-state index contributed by atoms with van der Waals surface area (Å²) in [7, 11) is -3.95. The van der Waals surface area contributed by atoms with Crippen molar-refractivity contribution in [3.05, 3.63) is 96.1 Å². The molecule has 8 nitrogen and oxygen atoms in total. The predicted molar refractivity (Wildman–Crippen MR) is 149 cm³/mol. The van der Waals surface area contributed by atoms with Crippen LogP contribution < -0.4 is 4.74 Å². The summed E-state index contributed by atoms with van der Waals surface area (Å²) in [5.74, 6) is -0.722. The quantitative estimate of drug-likeness (QED) is 0.338. The van der Waals surface area contributed by atoms with Gasteiger partial charge in [0.15, 0.2) is 0 Å². The minimum atomic E-state index is -4.87. The molecule has 1 spiro atoms. The maximum Gasteiger partial charge on any atom is 0.573 e. The van der Waals surface area contributed by atoms with Gasteiger partial charge >= 0.3 is 6.36 Å². The van der Waals surface area contributed by atoms with Gasteiger partial charge in [-0.25, -0.2) is 8.42 Å². The van der Waals surface area contributed by atoms with Crippen LogP contribution in [0.25, 0.3) is 0 Å². The van der Waals surface area contributed by atoms with E-state index in [4.69, 9.17) is 4.84 Å². The molecular formula is C30H30F3N3O5S. The van der Waals surface area contributed by atoms with Crippen LogP contribution in [0.5, 0.6) is 5.75 Å². The molecule has 222 valence electrons. The van der Waals surface area contributed by atoms with Crippen LogP contribution in [-0.2, 0) is 32.6 Å². The number of carbonyl (C=O) groups excluding carboxylic acids is 1. The number of rotatable bonds is 9. The number of nitrogens with zero attached hydrogens (tertiary/aromatic N) is 3. The summed E-state index contributed by atoms with van der Waals surface area (Å²) in [4.78, 5) is 21.1. The Morgan fingerprint density at radius 3 is 2.12 bits per heavy atom. The molecule has 12 heteroatoms. The van der Waals surface area contributed by atoms with Crippen molar-refractivity contribution in [2.75, 3.05) is 19.6 Å². The third kappa shape index (κ3) is 7.11. The zero-order chi connectivity index (χ0) is 29.8. The maximum atomic E-state index is 13.6. The fraction of sp³-hybridized carbons (Fsp3) is 0.333. The van der Waals surface area contributed by atoms with Crippen LogP contribution in [0, 0.1) is 0 Å². The van der Waals surface area contributed by atoms with Crippen molar-refractivity contribution in [2.45, 2.75) is 49.1 Å². The molecule has 3 aromatic carbocycles. The fourth-order valence-corrected chi connectivity index (χ4v) is 6.59. The first kappa shape index (κ1) is 29.6. The van der Waals surface area contributed by atoms with Crippen molar-refractivity contribution < 1.29 is 36.0 Å². The molecule has 5 rings (SSSR count). The number of carbonyl (C=O) groups is 1. The first-order valence-corrected chi connectivity index (χ1v) is 15.0. The molecule has 1 saturated heterocycles. The predicted octanol–water partition coefficient (Wildman–Crippen LogP) is 5.16. The van der Waals surface area contributed by atoms with Gasteiger partial charge in [-0.15, -0.1) is 13.2 Å². The first-order valence-electron chi connectivity index (χ1n) is 13.5. The highest BCUT2D eigenvalue weighted by Crippen LogP contribution is 2.37. The lowest BCUT2D eigenvalue weighted by Gasteiger charge is -2.36. The van der Waals surface area contributed by atoms with Gasteiger partial charge in [0.25, 0.3) is 5.91 Å². The molecule has 42 heavy (non-hydrogen) atoms. The Morgan fingerprint density at radius 1 is 0.929 bits per heavy atom. The van der Waals surface area contributed by atoms with Crippen molar-refractivity contribution >= 4 is 21.6 Å². The van der Waals surface area contributed by atoms with E-state index in [1.165, 1.54) is 4.31 Å². The van der Waals surface area contributed by atoms with Crippen LogP contribution in [0.2, 0.25) is 0 Å². The highest BCUT2D eigenvalue weighted by atomic mass is 32.2. The number of amides is 1. The van der Waals surface area contributed by atoms with Crippen molar-refractivity contribution in [1.29, 1.82) is 0 Å². The van der Waals surface area contributed by atoms with E-state index < -0.39 is 27.7 Å². The number of ether oxygens (including phenoxy) is 1. The molecule has 0 unspecified atom stereocenters. The Kier molecular flexibility index (Phi) is 8.55. The Labute approximate surface area is 242 Å². The minimum Gasteiger partial charge on any atom is -0.406 e. The van der Waals surface area contributed by atoms with Crippen LogP contribution in [0.4, 0.5) is 13.2 Å². The molecule has 0 bridgehead atoms. The number of oxime groups is 1. The highest BCUT2D eigenvalue weighted by Gasteiger charge is 2.46. The number of sulfonamides is 1. The Morgan fingerprint density at radius 2 is 1.52 bits per heavy atom. The van der Waals surface area contributed by atoms with E-state index in [1.54, 1.807) is 4.90 Å². The summed E-state index contributed by atoms with van der Waals surface area (Å²) in [5, 5.41) is 4.17. The van der Waals surface area contributed by atoms with Gasteiger partial charge in [0.1, 0.15) is 17.1 Å². The number of hydrogen-bond donors (Lipinski definition) is 0. The molecule has 3 aromatic rings. The second-order valence-electron chi connectivity index (χ2n) is 10.4. The van der Waals surface area contributed by atoms with Crippen molar-refractivity contribution in [3.63, 3.8) is 0 Å². The zero-order valence-electron chi connectivity index (χ0n) is 22.7. The second-order valence-corrected chi connectivity index (χ2v) is 12.3. The van der Waals surface area contributed by atoms with Gasteiger partial charge in [0.05, 0.1) is 4.90 Å². The van der Waals surface area contributed by atoms with Crippen LogP contribution >= 0.6 is 0 Å². The Balaban J connectivity index is 1.21. The summed E-state index contributed by atoms with van der Waals surface area (Å²) in [6.45, 7) is 1.13. The van der Waals surface area contributed by atoms with E-state index in [-0.39, 0.29) is 30.3 Å². The van der Waals surface area contributed by atoms with Crippen LogP contribution in [0.15, 0.2) is 95.0 Å². The third-order valence-electron chi connectivity index (χ3n) is 7.43. The lowest BCUT2D eigenvalue weighted by molar-refractivity contribution is -0.274. The maximum absolute atomic E-state index is 13.6. The Hall–Kier alpha value is -3.90. The largest absolute Gasteiger partial charge is 0.573 e. The highest BCUT2D eigenvalue weighted by molar-refractivity contribution is 7.89. The number of hydrogen-bond acceptors (Lipinski definition) is 6. The molecule has 1 amide bonds. The zero-order valence-corrected chi connectivity index (χ0v) is 23.5. The SMILES string of the molecule is O=C(C1=NOC2(CCN(S(=O)(=O)c3ccc(OC(F)(F)F)cc3)CC2)C1)N(CCc1ccccc1)Cc1ccccc1. The molecule has 1 fully saturated rings. The van der Waals surface area contributed by atoms with Crippen molar-refractivity contribution in [2.24, 2.45) is 5.16 Å². The van der Waals surface area contributed by atoms with Crippen molar-refractivity contribution in [1.82, 2.24) is 9.21 Å². The van der Waals surface area contributed by atoms with Gasteiger partial charge in [0.2, 0.25) is 10.0 Å². The fourth-order valence-electron chi connectivity index (χ4n) is 5.15. The molecule has 0 atom stereocenters. The summed E-state index contributed by atoms with van der Waals surface area (Å²) in [5.41, 5.74) is 1.61. The number of benzene rings is 3. The van der Waals surface area contributed by atoms with Gasteiger partial charge in [-0.05, 0) is 41.8 Å². The summed E-state index contributed by atoms with van der Waals surface area (Å²) < 4.78 is 68.7. The van der Waals surface area contributed by atoms with Gasteiger partial charge in [0, 0.05) is 45.4 Å². The standard InChI is InChI=1S/C30H30F3N3O5S/c31-30(32,33)40-25-11-13-26(14-12-25)42(38,39)36-19-16-29(17-20-36)21-27(34-41-29)28(37)35(22-24-9-5-2-6-10-24)18-15-23-7-3-1-4-8-23/h1-14H,15-22H2. The average Bonchev–Trinajstić information content (AvgIpc) is 3.39. The number of halogens is 3. The summed E-state index contributed by atoms with van der Waals surface area (Å²) in [6, 6.07) is 23.7. The van der Waals surface area contributed by atoms with Crippen LogP contribution in [0.3, 0.4) is 0 Å². The van der Waals surface area contributed by atoms with Gasteiger partial charge in [-0.2, -0.15) is 4.31 Å². The van der Waals surface area contributed by atoms with Gasteiger partial charge in [-0.3, -0.25) is 4.79 Å². The van der Waals surface area contributed by atoms with Crippen LogP contribution in [0.1, 0.15) is 30.4 Å². The van der Waals surface area contributed by atoms with E-state index in [9.17, 15) is 26.4 Å². The minimum absolute atomic E-state index is 0.113. The molecule has 2 heterocycles. The second kappa shape index (κ2) is 12.1. The topological polar surface area (TPSA) is 88.5 Å². The molecule has 2 aliphatic heterocycles. The molecule has 0 N–H and O–H groups in total. The molecule has 2 aliphatic rings. The molecule has 0 radical (unpaired) electrons. The Bertz CT molecular complexity index is 1510. The lowest BCUT2D eigenvalue weighted by Crippen LogP contribution is -2.47. The normalized spacial score (nSPS) is 17.0. The molecule has 0 aromatic heterocycles. The third-order valence-corrected chi connectivity index (χ3v) is 9.34. The van der Waals surface area contributed by atoms with E-state index in [1.807, 2.05) is 60.7 Å². The van der Waals surface area contributed by atoms with E-state index in [0.717, 1.165) is 35.4 Å². The first-order chi connectivity index (χ1) is 20.0. The van der Waals surface area contributed by atoms with Gasteiger partial charge < -0.3 is 14.5 Å². The average molecular weight is 602 g/mol.